The van der Waals surface area contributed by atoms with Gasteiger partial charge in [-0.2, -0.15) is 0 Å². The molecule has 3 heterocycles. The van der Waals surface area contributed by atoms with Crippen molar-refractivity contribution in [1.29, 1.82) is 0 Å². The number of anilines is 1. The van der Waals surface area contributed by atoms with E-state index in [1.165, 1.54) is 20.5 Å². The van der Waals surface area contributed by atoms with Gasteiger partial charge in [-0.15, -0.1) is 16.4 Å². The minimum absolute atomic E-state index is 0.227. The molecule has 0 aliphatic heterocycles. The lowest BCUT2D eigenvalue weighted by Gasteiger charge is -2.06. The molecule has 0 fully saturated rings. The van der Waals surface area contributed by atoms with Crippen molar-refractivity contribution < 1.29 is 5.11 Å². The number of unbranched alkanes of at least 4 members (excludes halogenated alkanes) is 1. The molecule has 0 amide bonds. The number of aliphatic hydroxyl groups excluding tert-OH is 1. The SMILES string of the molecule is Cc1c(-c2cnc3ccc(NCCCCO)nn23)sc2ccccc12. The van der Waals surface area contributed by atoms with E-state index in [9.17, 15) is 0 Å². The third-order valence-electron chi connectivity index (χ3n) is 4.33. The summed E-state index contributed by atoms with van der Waals surface area (Å²) in [5.41, 5.74) is 3.13. The van der Waals surface area contributed by atoms with Crippen molar-refractivity contribution in [2.75, 3.05) is 18.5 Å². The number of aryl methyl sites for hydroxylation is 1. The number of imidazole rings is 1. The molecule has 0 aliphatic carbocycles. The molecule has 0 saturated carbocycles. The maximum Gasteiger partial charge on any atom is 0.154 e. The Kier molecular flexibility index (Phi) is 4.38. The van der Waals surface area contributed by atoms with Crippen molar-refractivity contribution in [1.82, 2.24) is 14.6 Å². The lowest BCUT2D eigenvalue weighted by Crippen LogP contribution is -2.06. The summed E-state index contributed by atoms with van der Waals surface area (Å²) >= 11 is 1.78. The van der Waals surface area contributed by atoms with E-state index in [1.807, 2.05) is 22.8 Å². The van der Waals surface area contributed by atoms with E-state index in [0.29, 0.717) is 0 Å². The first-order chi connectivity index (χ1) is 12.3. The molecule has 0 aliphatic rings. The van der Waals surface area contributed by atoms with Gasteiger partial charge in [0, 0.05) is 17.9 Å². The van der Waals surface area contributed by atoms with E-state index >= 15 is 0 Å². The summed E-state index contributed by atoms with van der Waals surface area (Å²) < 4.78 is 3.19. The first kappa shape index (κ1) is 16.1. The van der Waals surface area contributed by atoms with Gasteiger partial charge in [-0.25, -0.2) is 9.50 Å². The van der Waals surface area contributed by atoms with Gasteiger partial charge in [0.05, 0.1) is 11.1 Å². The van der Waals surface area contributed by atoms with Crippen LogP contribution in [0.25, 0.3) is 26.3 Å². The van der Waals surface area contributed by atoms with Crippen molar-refractivity contribution in [3.63, 3.8) is 0 Å². The van der Waals surface area contributed by atoms with Gasteiger partial charge in [0.15, 0.2) is 5.65 Å². The first-order valence-electron chi connectivity index (χ1n) is 8.46. The molecule has 6 heteroatoms. The molecular formula is C19H20N4OS. The molecule has 5 nitrogen and oxygen atoms in total. The second-order valence-electron chi connectivity index (χ2n) is 6.04. The monoisotopic (exact) mass is 352 g/mol. The van der Waals surface area contributed by atoms with Crippen LogP contribution in [0.4, 0.5) is 5.82 Å². The zero-order chi connectivity index (χ0) is 17.2. The topological polar surface area (TPSA) is 62.5 Å². The van der Waals surface area contributed by atoms with Crippen LogP contribution >= 0.6 is 11.3 Å². The summed E-state index contributed by atoms with van der Waals surface area (Å²) in [4.78, 5) is 5.71. The van der Waals surface area contributed by atoms with Gasteiger partial charge in [0.25, 0.3) is 0 Å². The molecule has 1 aromatic carbocycles. The molecule has 0 spiro atoms. The second-order valence-corrected chi connectivity index (χ2v) is 7.09. The Bertz CT molecular complexity index is 1020. The van der Waals surface area contributed by atoms with Crippen LogP contribution in [0.15, 0.2) is 42.6 Å². The molecule has 0 saturated heterocycles. The molecule has 0 atom stereocenters. The lowest BCUT2D eigenvalue weighted by molar-refractivity contribution is 0.286. The summed E-state index contributed by atoms with van der Waals surface area (Å²) in [7, 11) is 0. The van der Waals surface area contributed by atoms with E-state index in [1.54, 1.807) is 11.3 Å². The third kappa shape index (κ3) is 2.99. The van der Waals surface area contributed by atoms with Crippen molar-refractivity contribution in [2.24, 2.45) is 0 Å². The van der Waals surface area contributed by atoms with Gasteiger partial charge in [0.2, 0.25) is 0 Å². The molecular weight excluding hydrogens is 332 g/mol. The highest BCUT2D eigenvalue weighted by Crippen LogP contribution is 2.37. The van der Waals surface area contributed by atoms with E-state index in [4.69, 9.17) is 10.2 Å². The summed E-state index contributed by atoms with van der Waals surface area (Å²) in [5.74, 6) is 0.823. The quantitative estimate of drug-likeness (QED) is 0.513. The van der Waals surface area contributed by atoms with Gasteiger partial charge in [-0.3, -0.25) is 0 Å². The number of aliphatic hydroxyl groups is 1. The molecule has 0 radical (unpaired) electrons. The number of nitrogens with zero attached hydrogens (tertiary/aromatic N) is 3. The first-order valence-corrected chi connectivity index (χ1v) is 9.27. The number of rotatable bonds is 6. The van der Waals surface area contributed by atoms with Crippen molar-refractivity contribution in [3.05, 3.63) is 48.2 Å². The van der Waals surface area contributed by atoms with Gasteiger partial charge >= 0.3 is 0 Å². The minimum Gasteiger partial charge on any atom is -0.396 e. The van der Waals surface area contributed by atoms with Crippen molar-refractivity contribution >= 4 is 32.9 Å². The second kappa shape index (κ2) is 6.82. The molecule has 25 heavy (non-hydrogen) atoms. The predicted molar refractivity (Wildman–Crippen MR) is 103 cm³/mol. The molecule has 3 aromatic heterocycles. The fraction of sp³-hybridized carbons (Fsp3) is 0.263. The van der Waals surface area contributed by atoms with Crippen LogP contribution in [-0.2, 0) is 0 Å². The maximum absolute atomic E-state index is 8.87. The normalized spacial score (nSPS) is 11.4. The zero-order valence-corrected chi connectivity index (χ0v) is 14.9. The van der Waals surface area contributed by atoms with Crippen LogP contribution in [0.2, 0.25) is 0 Å². The Morgan fingerprint density at radius 3 is 2.88 bits per heavy atom. The van der Waals surface area contributed by atoms with Crippen LogP contribution < -0.4 is 5.32 Å². The van der Waals surface area contributed by atoms with E-state index in [2.05, 4.69) is 41.5 Å². The van der Waals surface area contributed by atoms with Gasteiger partial charge in [-0.1, -0.05) is 18.2 Å². The highest BCUT2D eigenvalue weighted by Gasteiger charge is 2.15. The number of aromatic nitrogens is 3. The number of nitrogens with one attached hydrogen (secondary N) is 1. The molecule has 2 N–H and O–H groups in total. The Morgan fingerprint density at radius 2 is 2.04 bits per heavy atom. The zero-order valence-electron chi connectivity index (χ0n) is 14.1. The fourth-order valence-electron chi connectivity index (χ4n) is 2.99. The van der Waals surface area contributed by atoms with Crippen molar-refractivity contribution in [3.8, 4) is 10.6 Å². The predicted octanol–water partition coefficient (Wildman–Crippen LogP) is 4.10. The lowest BCUT2D eigenvalue weighted by atomic mass is 10.1. The van der Waals surface area contributed by atoms with Gasteiger partial charge < -0.3 is 10.4 Å². The van der Waals surface area contributed by atoms with Gasteiger partial charge in [0.1, 0.15) is 11.5 Å². The molecule has 0 bridgehead atoms. The number of benzene rings is 1. The van der Waals surface area contributed by atoms with Crippen LogP contribution in [0, 0.1) is 6.92 Å². The Hall–Kier alpha value is -2.44. The highest BCUT2D eigenvalue weighted by atomic mass is 32.1. The molecule has 4 rings (SSSR count). The van der Waals surface area contributed by atoms with Crippen LogP contribution in [0.3, 0.4) is 0 Å². The summed E-state index contributed by atoms with van der Waals surface area (Å²) in [6, 6.07) is 12.4. The van der Waals surface area contributed by atoms with Gasteiger partial charge in [-0.05, 0) is 48.9 Å². The smallest absolute Gasteiger partial charge is 0.154 e. The Labute approximate surface area is 150 Å². The van der Waals surface area contributed by atoms with E-state index < -0.39 is 0 Å². The third-order valence-corrected chi connectivity index (χ3v) is 5.62. The summed E-state index contributed by atoms with van der Waals surface area (Å²) in [6.07, 6.45) is 3.62. The fourth-order valence-corrected chi connectivity index (χ4v) is 4.20. The number of fused-ring (bicyclic) bond motifs is 2. The number of hydrogen-bond acceptors (Lipinski definition) is 5. The Morgan fingerprint density at radius 1 is 1.16 bits per heavy atom. The van der Waals surface area contributed by atoms with Crippen LogP contribution in [0.1, 0.15) is 18.4 Å². The van der Waals surface area contributed by atoms with E-state index in [-0.39, 0.29) is 6.61 Å². The van der Waals surface area contributed by atoms with E-state index in [0.717, 1.165) is 36.5 Å². The van der Waals surface area contributed by atoms with Crippen LogP contribution in [0.5, 0.6) is 0 Å². The average Bonchev–Trinajstić information content (AvgIpc) is 3.20. The minimum atomic E-state index is 0.227. The number of thiophene rings is 1. The standard InChI is InChI=1S/C19H20N4OS/c1-13-14-6-2-3-7-16(14)25-19(13)15-12-21-18-9-8-17(22-23(15)18)20-10-4-5-11-24/h2-3,6-9,12,24H,4-5,10-11H2,1H3,(H,20,22). The molecule has 128 valence electrons. The summed E-state index contributed by atoms with van der Waals surface area (Å²) in [5, 5.41) is 18.2. The summed E-state index contributed by atoms with van der Waals surface area (Å²) in [6.45, 7) is 3.18. The van der Waals surface area contributed by atoms with Crippen LogP contribution in [-0.4, -0.2) is 32.9 Å². The molecule has 0 unspecified atom stereocenters. The average molecular weight is 352 g/mol. The maximum atomic E-state index is 8.87. The Balaban J connectivity index is 1.72. The highest BCUT2D eigenvalue weighted by molar-refractivity contribution is 7.22. The molecule has 4 aromatic rings. The van der Waals surface area contributed by atoms with Crippen molar-refractivity contribution in [2.45, 2.75) is 19.8 Å². The number of hydrogen-bond donors (Lipinski definition) is 2. The largest absolute Gasteiger partial charge is 0.396 e.